The van der Waals surface area contributed by atoms with Gasteiger partial charge in [0.05, 0.1) is 0 Å². The van der Waals surface area contributed by atoms with Crippen LogP contribution < -0.4 is 10.2 Å². The molecular weight excluding hydrogens is 234 g/mol. The van der Waals surface area contributed by atoms with Gasteiger partial charge >= 0.3 is 0 Å². The molecule has 0 bridgehead atoms. The van der Waals surface area contributed by atoms with Crippen molar-refractivity contribution in [3.63, 3.8) is 0 Å². The van der Waals surface area contributed by atoms with Gasteiger partial charge in [0, 0.05) is 44.1 Å². The lowest BCUT2D eigenvalue weighted by molar-refractivity contribution is 0.190. The predicted molar refractivity (Wildman–Crippen MR) is 84.2 cm³/mol. The Labute approximate surface area is 117 Å². The minimum absolute atomic E-state index is 0.607. The molecule has 2 rings (SSSR count). The van der Waals surface area contributed by atoms with Gasteiger partial charge in [0.2, 0.25) is 0 Å². The van der Waals surface area contributed by atoms with Crippen LogP contribution in [-0.4, -0.2) is 44.7 Å². The van der Waals surface area contributed by atoms with Gasteiger partial charge in [-0.15, -0.1) is 0 Å². The minimum Gasteiger partial charge on any atom is -0.382 e. The fourth-order valence-electron chi connectivity index (χ4n) is 2.73. The van der Waals surface area contributed by atoms with Crippen molar-refractivity contribution in [1.29, 1.82) is 0 Å². The summed E-state index contributed by atoms with van der Waals surface area (Å²) in [5.74, 6) is 0. The van der Waals surface area contributed by atoms with E-state index in [0.717, 1.165) is 0 Å². The van der Waals surface area contributed by atoms with E-state index >= 15 is 0 Å². The third-order valence-electron chi connectivity index (χ3n) is 4.29. The Hall–Kier alpha value is -1.22. The second-order valence-corrected chi connectivity index (χ2v) is 6.09. The number of aryl methyl sites for hydroxylation is 1. The van der Waals surface area contributed by atoms with Crippen molar-refractivity contribution in [1.82, 2.24) is 4.90 Å². The summed E-state index contributed by atoms with van der Waals surface area (Å²) in [6, 6.07) is 7.94. The second-order valence-electron chi connectivity index (χ2n) is 6.09. The van der Waals surface area contributed by atoms with E-state index in [9.17, 15) is 0 Å². The van der Waals surface area contributed by atoms with E-state index in [0.29, 0.717) is 12.1 Å². The Balaban J connectivity index is 2.03. The number of likely N-dealkylation sites (tertiary alicyclic amines) is 1. The van der Waals surface area contributed by atoms with Gasteiger partial charge < -0.3 is 15.1 Å². The van der Waals surface area contributed by atoms with Crippen LogP contribution in [0.1, 0.15) is 25.3 Å². The summed E-state index contributed by atoms with van der Waals surface area (Å²) in [6.07, 6.45) is 2.46. The maximum absolute atomic E-state index is 3.72. The topological polar surface area (TPSA) is 18.5 Å². The maximum Gasteiger partial charge on any atom is 0.0373 e. The third kappa shape index (κ3) is 3.41. The average molecular weight is 261 g/mol. The number of piperidine rings is 1. The Morgan fingerprint density at radius 1 is 1.32 bits per heavy atom. The van der Waals surface area contributed by atoms with Crippen LogP contribution in [0.3, 0.4) is 0 Å². The van der Waals surface area contributed by atoms with Crippen LogP contribution in [0.2, 0.25) is 0 Å². The first-order valence-corrected chi connectivity index (χ1v) is 7.22. The zero-order chi connectivity index (χ0) is 14.0. The molecule has 1 heterocycles. The molecule has 1 fully saturated rings. The highest BCUT2D eigenvalue weighted by Gasteiger charge is 2.22. The predicted octanol–water partition coefficient (Wildman–Crippen LogP) is 2.96. The fourth-order valence-corrected chi connectivity index (χ4v) is 2.73. The SMILES string of the molecule is Cc1cc(N(C)C)ccc1NC1CCN(C)C(C)C1. The zero-order valence-electron chi connectivity index (χ0n) is 12.9. The van der Waals surface area contributed by atoms with Crippen LogP contribution in [0, 0.1) is 6.92 Å². The summed E-state index contributed by atoms with van der Waals surface area (Å²) >= 11 is 0. The monoisotopic (exact) mass is 261 g/mol. The molecule has 2 unspecified atom stereocenters. The van der Waals surface area contributed by atoms with Crippen molar-refractivity contribution in [2.45, 2.75) is 38.8 Å². The van der Waals surface area contributed by atoms with Gasteiger partial charge in [-0.1, -0.05) is 0 Å². The first-order chi connectivity index (χ1) is 8.97. The van der Waals surface area contributed by atoms with Gasteiger partial charge in [-0.05, 0) is 57.5 Å². The van der Waals surface area contributed by atoms with E-state index in [1.807, 2.05) is 0 Å². The van der Waals surface area contributed by atoms with Crippen LogP contribution >= 0.6 is 0 Å². The van der Waals surface area contributed by atoms with Crippen molar-refractivity contribution in [2.75, 3.05) is 37.9 Å². The summed E-state index contributed by atoms with van der Waals surface area (Å²) in [5, 5.41) is 3.72. The van der Waals surface area contributed by atoms with Crippen molar-refractivity contribution in [3.8, 4) is 0 Å². The molecule has 19 heavy (non-hydrogen) atoms. The molecule has 1 aliphatic heterocycles. The van der Waals surface area contributed by atoms with E-state index in [2.05, 4.69) is 68.3 Å². The number of hydrogen-bond donors (Lipinski definition) is 1. The molecule has 0 aromatic heterocycles. The zero-order valence-corrected chi connectivity index (χ0v) is 12.9. The van der Waals surface area contributed by atoms with E-state index in [4.69, 9.17) is 0 Å². The smallest absolute Gasteiger partial charge is 0.0373 e. The Morgan fingerprint density at radius 2 is 2.05 bits per heavy atom. The normalized spacial score (nSPS) is 24.3. The number of nitrogens with one attached hydrogen (secondary N) is 1. The van der Waals surface area contributed by atoms with Crippen molar-refractivity contribution >= 4 is 11.4 Å². The Morgan fingerprint density at radius 3 is 2.63 bits per heavy atom. The van der Waals surface area contributed by atoms with Gasteiger partial charge in [-0.2, -0.15) is 0 Å². The molecule has 1 N–H and O–H groups in total. The first kappa shape index (κ1) is 14.2. The standard InChI is InChI=1S/C16H27N3/c1-12-10-15(18(3)4)6-7-16(12)17-14-8-9-19(5)13(2)11-14/h6-7,10,13-14,17H,8-9,11H2,1-5H3. The number of rotatable bonds is 3. The van der Waals surface area contributed by atoms with Crippen LogP contribution in [0.5, 0.6) is 0 Å². The lowest BCUT2D eigenvalue weighted by atomic mass is 9.98. The van der Waals surface area contributed by atoms with Gasteiger partial charge in [0.15, 0.2) is 0 Å². The molecule has 2 atom stereocenters. The molecule has 1 aliphatic rings. The summed E-state index contributed by atoms with van der Waals surface area (Å²) in [4.78, 5) is 4.59. The molecule has 1 aromatic rings. The van der Waals surface area contributed by atoms with Crippen LogP contribution in [0.15, 0.2) is 18.2 Å². The molecular formula is C16H27N3. The van der Waals surface area contributed by atoms with Crippen LogP contribution in [-0.2, 0) is 0 Å². The molecule has 1 saturated heterocycles. The lowest BCUT2D eigenvalue weighted by Gasteiger charge is -2.36. The maximum atomic E-state index is 3.72. The van der Waals surface area contributed by atoms with Crippen LogP contribution in [0.25, 0.3) is 0 Å². The molecule has 0 amide bonds. The highest BCUT2D eigenvalue weighted by Crippen LogP contribution is 2.25. The fraction of sp³-hybridized carbons (Fsp3) is 0.625. The van der Waals surface area contributed by atoms with Gasteiger partial charge in [-0.25, -0.2) is 0 Å². The van der Waals surface area contributed by atoms with E-state index in [1.54, 1.807) is 0 Å². The first-order valence-electron chi connectivity index (χ1n) is 7.22. The molecule has 0 spiro atoms. The molecule has 3 heteroatoms. The van der Waals surface area contributed by atoms with Crippen molar-refractivity contribution < 1.29 is 0 Å². The molecule has 0 radical (unpaired) electrons. The average Bonchev–Trinajstić information content (AvgIpc) is 2.36. The summed E-state index contributed by atoms with van der Waals surface area (Å²) < 4.78 is 0. The highest BCUT2D eigenvalue weighted by molar-refractivity contribution is 5.60. The van der Waals surface area contributed by atoms with Crippen molar-refractivity contribution in [2.24, 2.45) is 0 Å². The highest BCUT2D eigenvalue weighted by atomic mass is 15.1. The third-order valence-corrected chi connectivity index (χ3v) is 4.29. The summed E-state index contributed by atoms with van der Waals surface area (Å²) in [5.41, 5.74) is 3.88. The summed E-state index contributed by atoms with van der Waals surface area (Å²) in [6.45, 7) is 5.69. The van der Waals surface area contributed by atoms with Gasteiger partial charge in [0.25, 0.3) is 0 Å². The van der Waals surface area contributed by atoms with E-state index in [1.165, 1.54) is 36.3 Å². The van der Waals surface area contributed by atoms with Gasteiger partial charge in [0.1, 0.15) is 0 Å². The molecule has 0 saturated carbocycles. The molecule has 3 nitrogen and oxygen atoms in total. The second kappa shape index (κ2) is 5.83. The van der Waals surface area contributed by atoms with Crippen molar-refractivity contribution in [3.05, 3.63) is 23.8 Å². The quantitative estimate of drug-likeness (QED) is 0.902. The number of hydrogen-bond acceptors (Lipinski definition) is 3. The number of benzene rings is 1. The Kier molecular flexibility index (Phi) is 4.35. The molecule has 1 aromatic carbocycles. The molecule has 106 valence electrons. The number of nitrogens with zero attached hydrogens (tertiary/aromatic N) is 2. The van der Waals surface area contributed by atoms with E-state index < -0.39 is 0 Å². The molecule has 0 aliphatic carbocycles. The largest absolute Gasteiger partial charge is 0.382 e. The van der Waals surface area contributed by atoms with Crippen LogP contribution in [0.4, 0.5) is 11.4 Å². The van der Waals surface area contributed by atoms with Gasteiger partial charge in [-0.3, -0.25) is 0 Å². The lowest BCUT2D eigenvalue weighted by Crippen LogP contribution is -2.42. The minimum atomic E-state index is 0.607. The summed E-state index contributed by atoms with van der Waals surface area (Å²) in [7, 11) is 6.39. The number of anilines is 2. The van der Waals surface area contributed by atoms with E-state index in [-0.39, 0.29) is 0 Å². The Bertz CT molecular complexity index is 428.